The Morgan fingerprint density at radius 3 is 2.50 bits per heavy atom. The average Bonchev–Trinajstić information content (AvgIpc) is 2.69. The number of hydrogen-bond acceptors (Lipinski definition) is 4. The zero-order valence-electron chi connectivity index (χ0n) is 16.1. The molecule has 0 aliphatic carbocycles. The maximum atomic E-state index is 13.5. The Morgan fingerprint density at radius 2 is 1.88 bits per heavy atom. The van der Waals surface area contributed by atoms with E-state index in [-0.39, 0.29) is 5.91 Å². The van der Waals surface area contributed by atoms with Gasteiger partial charge in [0.05, 0.1) is 0 Å². The summed E-state index contributed by atoms with van der Waals surface area (Å²) >= 11 is 0. The summed E-state index contributed by atoms with van der Waals surface area (Å²) in [5.41, 5.74) is 0.444. The Labute approximate surface area is 157 Å². The van der Waals surface area contributed by atoms with E-state index in [1.165, 1.54) is 5.56 Å². The number of likely N-dealkylation sites (N-methyl/N-ethyl adjacent to an activating group) is 1. The normalized spacial score (nSPS) is 20.5. The van der Waals surface area contributed by atoms with E-state index in [0.717, 1.165) is 58.0 Å². The number of carbonyl (C=O) groups is 1. The molecule has 2 saturated heterocycles. The smallest absolute Gasteiger partial charge is 0.266 e. The Morgan fingerprint density at radius 1 is 1.23 bits per heavy atom. The van der Waals surface area contributed by atoms with Crippen molar-refractivity contribution in [2.24, 2.45) is 5.92 Å². The highest BCUT2D eigenvalue weighted by Gasteiger charge is 2.44. The maximum Gasteiger partial charge on any atom is 0.266 e. The molecule has 2 heterocycles. The van der Waals surface area contributed by atoms with Crippen molar-refractivity contribution in [1.29, 1.82) is 0 Å². The standard InChI is InChI=1S/C21H32N2O3/c1-3-23(16-18-8-14-25-15-9-18)20(24)21(10-12-22-13-11-21)26-19-6-4-17(2)5-7-19/h4-7,18,22H,3,8-16H2,1-2H3. The van der Waals surface area contributed by atoms with E-state index in [1.54, 1.807) is 0 Å². The van der Waals surface area contributed by atoms with Crippen molar-refractivity contribution < 1.29 is 14.3 Å². The molecule has 2 aliphatic heterocycles. The molecular weight excluding hydrogens is 328 g/mol. The van der Waals surface area contributed by atoms with Crippen LogP contribution in [0.4, 0.5) is 0 Å². The monoisotopic (exact) mass is 360 g/mol. The number of nitrogens with zero attached hydrogens (tertiary/aromatic N) is 1. The Hall–Kier alpha value is -1.59. The summed E-state index contributed by atoms with van der Waals surface area (Å²) in [6, 6.07) is 8.02. The first-order valence-corrected chi connectivity index (χ1v) is 9.96. The molecule has 2 fully saturated rings. The first-order valence-electron chi connectivity index (χ1n) is 9.96. The highest BCUT2D eigenvalue weighted by Crippen LogP contribution is 2.30. The third-order valence-corrected chi connectivity index (χ3v) is 5.62. The zero-order valence-corrected chi connectivity index (χ0v) is 16.1. The fourth-order valence-corrected chi connectivity index (χ4v) is 3.91. The van der Waals surface area contributed by atoms with Gasteiger partial charge >= 0.3 is 0 Å². The lowest BCUT2D eigenvalue weighted by Gasteiger charge is -2.41. The first-order chi connectivity index (χ1) is 12.6. The molecular formula is C21H32N2O3. The average molecular weight is 360 g/mol. The molecule has 0 unspecified atom stereocenters. The number of amides is 1. The van der Waals surface area contributed by atoms with E-state index in [9.17, 15) is 4.79 Å². The van der Waals surface area contributed by atoms with E-state index in [2.05, 4.69) is 19.2 Å². The molecule has 5 nitrogen and oxygen atoms in total. The SMILES string of the molecule is CCN(CC1CCOCC1)C(=O)C1(Oc2ccc(C)cc2)CCNCC1. The lowest BCUT2D eigenvalue weighted by atomic mass is 9.89. The van der Waals surface area contributed by atoms with Gasteiger partial charge in [0.2, 0.25) is 0 Å². The molecule has 0 radical (unpaired) electrons. The highest BCUT2D eigenvalue weighted by atomic mass is 16.5. The van der Waals surface area contributed by atoms with Crippen molar-refractivity contribution >= 4 is 5.91 Å². The Balaban J connectivity index is 1.75. The topological polar surface area (TPSA) is 50.8 Å². The quantitative estimate of drug-likeness (QED) is 0.848. The molecule has 1 aromatic rings. The predicted octanol–water partition coefficient (Wildman–Crippen LogP) is 2.77. The Bertz CT molecular complexity index is 575. The lowest BCUT2D eigenvalue weighted by Crippen LogP contribution is -2.58. The number of piperidine rings is 1. The van der Waals surface area contributed by atoms with E-state index in [1.807, 2.05) is 29.2 Å². The van der Waals surface area contributed by atoms with Crippen LogP contribution in [0, 0.1) is 12.8 Å². The molecule has 0 aromatic heterocycles. The van der Waals surface area contributed by atoms with Gasteiger partial charge in [0.1, 0.15) is 5.75 Å². The van der Waals surface area contributed by atoms with Gasteiger partial charge in [-0.25, -0.2) is 0 Å². The molecule has 2 aliphatic rings. The van der Waals surface area contributed by atoms with Gasteiger partial charge in [0.15, 0.2) is 5.60 Å². The summed E-state index contributed by atoms with van der Waals surface area (Å²) in [5.74, 6) is 1.47. The predicted molar refractivity (Wildman–Crippen MR) is 102 cm³/mol. The van der Waals surface area contributed by atoms with Gasteiger partial charge in [0.25, 0.3) is 5.91 Å². The van der Waals surface area contributed by atoms with Crippen LogP contribution in [0.5, 0.6) is 5.75 Å². The fraction of sp³-hybridized carbons (Fsp3) is 0.667. The van der Waals surface area contributed by atoms with Crippen LogP contribution >= 0.6 is 0 Å². The van der Waals surface area contributed by atoms with E-state index < -0.39 is 5.60 Å². The summed E-state index contributed by atoms with van der Waals surface area (Å²) in [4.78, 5) is 15.5. The van der Waals surface area contributed by atoms with Gasteiger partial charge in [0, 0.05) is 39.1 Å². The number of rotatable bonds is 6. The van der Waals surface area contributed by atoms with Crippen molar-refractivity contribution in [1.82, 2.24) is 10.2 Å². The van der Waals surface area contributed by atoms with Crippen LogP contribution in [0.3, 0.4) is 0 Å². The van der Waals surface area contributed by atoms with Crippen molar-refractivity contribution in [2.75, 3.05) is 39.4 Å². The van der Waals surface area contributed by atoms with Crippen LogP contribution in [0.25, 0.3) is 0 Å². The molecule has 1 amide bonds. The van der Waals surface area contributed by atoms with Gasteiger partial charge in [-0.1, -0.05) is 17.7 Å². The molecule has 0 atom stereocenters. The van der Waals surface area contributed by atoms with E-state index >= 15 is 0 Å². The van der Waals surface area contributed by atoms with Gasteiger partial charge in [-0.15, -0.1) is 0 Å². The Kier molecular flexibility index (Phi) is 6.54. The summed E-state index contributed by atoms with van der Waals surface area (Å²) in [7, 11) is 0. The second-order valence-corrected chi connectivity index (χ2v) is 7.56. The maximum absolute atomic E-state index is 13.5. The van der Waals surface area contributed by atoms with Gasteiger partial charge < -0.3 is 19.7 Å². The number of ether oxygens (including phenoxy) is 2. The molecule has 3 rings (SSSR count). The van der Waals surface area contributed by atoms with E-state index in [0.29, 0.717) is 18.8 Å². The third kappa shape index (κ3) is 4.57. The molecule has 0 bridgehead atoms. The fourth-order valence-electron chi connectivity index (χ4n) is 3.91. The number of carbonyl (C=O) groups excluding carboxylic acids is 1. The minimum atomic E-state index is -0.748. The van der Waals surface area contributed by atoms with Crippen LogP contribution in [-0.4, -0.2) is 55.8 Å². The van der Waals surface area contributed by atoms with Crippen LogP contribution < -0.4 is 10.1 Å². The summed E-state index contributed by atoms with van der Waals surface area (Å²) in [6.07, 6.45) is 3.50. The van der Waals surface area contributed by atoms with Crippen molar-refractivity contribution in [3.63, 3.8) is 0 Å². The molecule has 0 spiro atoms. The number of benzene rings is 1. The lowest BCUT2D eigenvalue weighted by molar-refractivity contribution is -0.151. The molecule has 144 valence electrons. The van der Waals surface area contributed by atoms with Crippen LogP contribution in [0.1, 0.15) is 38.2 Å². The van der Waals surface area contributed by atoms with Crippen molar-refractivity contribution in [3.8, 4) is 5.75 Å². The minimum Gasteiger partial charge on any atom is -0.477 e. The molecule has 5 heteroatoms. The van der Waals surface area contributed by atoms with Crippen molar-refractivity contribution in [2.45, 2.75) is 45.1 Å². The highest BCUT2D eigenvalue weighted by molar-refractivity contribution is 5.86. The molecule has 1 aromatic carbocycles. The van der Waals surface area contributed by atoms with Crippen molar-refractivity contribution in [3.05, 3.63) is 29.8 Å². The third-order valence-electron chi connectivity index (χ3n) is 5.62. The summed E-state index contributed by atoms with van der Waals surface area (Å²) in [5, 5.41) is 3.36. The molecule has 26 heavy (non-hydrogen) atoms. The number of aryl methyl sites for hydroxylation is 1. The molecule has 1 N–H and O–H groups in total. The number of nitrogens with one attached hydrogen (secondary N) is 1. The number of hydrogen-bond donors (Lipinski definition) is 1. The zero-order chi connectivity index (χ0) is 18.4. The minimum absolute atomic E-state index is 0.147. The second-order valence-electron chi connectivity index (χ2n) is 7.56. The largest absolute Gasteiger partial charge is 0.477 e. The summed E-state index contributed by atoms with van der Waals surface area (Å²) in [6.45, 7) is 8.91. The van der Waals surface area contributed by atoms with Gasteiger partial charge in [-0.05, 0) is 57.8 Å². The molecule has 0 saturated carbocycles. The van der Waals surface area contributed by atoms with Crippen LogP contribution in [0.15, 0.2) is 24.3 Å². The van der Waals surface area contributed by atoms with Crippen LogP contribution in [0.2, 0.25) is 0 Å². The second kappa shape index (κ2) is 8.87. The van der Waals surface area contributed by atoms with Crippen LogP contribution in [-0.2, 0) is 9.53 Å². The van der Waals surface area contributed by atoms with E-state index in [4.69, 9.17) is 9.47 Å². The first kappa shape index (κ1) is 19.2. The van der Waals surface area contributed by atoms with Gasteiger partial charge in [-0.3, -0.25) is 4.79 Å². The van der Waals surface area contributed by atoms with Gasteiger partial charge in [-0.2, -0.15) is 0 Å². The summed E-state index contributed by atoms with van der Waals surface area (Å²) < 4.78 is 11.8.